The fraction of sp³-hybridized carbons (Fsp3) is 0.826. The Morgan fingerprint density at radius 3 is 2.18 bits per heavy atom. The van der Waals surface area contributed by atoms with E-state index in [1.165, 1.54) is 0 Å². The van der Waals surface area contributed by atoms with Gasteiger partial charge in [-0.1, -0.05) is 33.8 Å². The second-order valence-electron chi connectivity index (χ2n) is 10.2. The monoisotopic (exact) mass is 394 g/mol. The van der Waals surface area contributed by atoms with Gasteiger partial charge in [-0.2, -0.15) is 0 Å². The highest BCUT2D eigenvalue weighted by molar-refractivity contribution is 5.77. The number of allylic oxidation sites excluding steroid dienone is 1. The lowest BCUT2D eigenvalue weighted by Crippen LogP contribution is -2.66. The lowest BCUT2D eigenvalue weighted by Gasteiger charge is -2.60. The van der Waals surface area contributed by atoms with Crippen LogP contribution in [-0.2, 0) is 9.53 Å². The van der Waals surface area contributed by atoms with E-state index in [2.05, 4.69) is 32.7 Å². The summed E-state index contributed by atoms with van der Waals surface area (Å²) < 4.78 is 5.39. The predicted molar refractivity (Wildman–Crippen MR) is 115 cm³/mol. The lowest BCUT2D eigenvalue weighted by molar-refractivity contribution is -0.151. The van der Waals surface area contributed by atoms with Crippen LogP contribution in [0.4, 0.5) is 4.79 Å². The van der Waals surface area contributed by atoms with Crippen molar-refractivity contribution in [1.29, 1.82) is 0 Å². The largest absolute Gasteiger partial charge is 0.444 e. The average molecular weight is 395 g/mol. The number of alkyl carbamates (subject to hydrolysis) is 1. The van der Waals surface area contributed by atoms with Crippen molar-refractivity contribution in [2.75, 3.05) is 7.05 Å². The molecule has 5 heteroatoms. The highest BCUT2D eigenvalue weighted by Crippen LogP contribution is 2.52. The minimum Gasteiger partial charge on any atom is -0.444 e. The fourth-order valence-electron chi connectivity index (χ4n) is 4.66. The zero-order chi connectivity index (χ0) is 21.8. The van der Waals surface area contributed by atoms with Gasteiger partial charge in [0, 0.05) is 19.5 Å². The zero-order valence-corrected chi connectivity index (χ0v) is 19.4. The van der Waals surface area contributed by atoms with E-state index in [9.17, 15) is 9.59 Å². The Morgan fingerprint density at radius 1 is 1.18 bits per heavy atom. The molecule has 1 N–H and O–H groups in total. The highest BCUT2D eigenvalue weighted by atomic mass is 16.6. The summed E-state index contributed by atoms with van der Waals surface area (Å²) in [6.45, 7) is 18.2. The standard InChI is InChI=1S/C23H42N2O3/c1-10-12-14-23(21(3,4)5,25(9)19(26)13-11-2)17-15-18(16-17)24-20(27)28-22(6,7)8/h10,17-18H,1,11-16H2,2-9H3,(H,24,27)/t17-,18+,23?. The number of nitrogens with zero attached hydrogens (tertiary/aromatic N) is 1. The number of nitrogens with one attached hydrogen (secondary N) is 1. The van der Waals surface area contributed by atoms with Crippen LogP contribution >= 0.6 is 0 Å². The summed E-state index contributed by atoms with van der Waals surface area (Å²) >= 11 is 0. The van der Waals surface area contributed by atoms with Crippen LogP contribution in [-0.4, -0.2) is 41.1 Å². The molecular formula is C23H42N2O3. The summed E-state index contributed by atoms with van der Waals surface area (Å²) in [5, 5.41) is 2.99. The molecule has 1 unspecified atom stereocenters. The Morgan fingerprint density at radius 2 is 1.75 bits per heavy atom. The third-order valence-corrected chi connectivity index (χ3v) is 6.00. The smallest absolute Gasteiger partial charge is 0.407 e. The van der Waals surface area contributed by atoms with Gasteiger partial charge in [0.2, 0.25) is 5.91 Å². The van der Waals surface area contributed by atoms with Gasteiger partial charge in [0.25, 0.3) is 0 Å². The van der Waals surface area contributed by atoms with E-state index in [0.717, 1.165) is 32.1 Å². The van der Waals surface area contributed by atoms with Crippen LogP contribution in [0.2, 0.25) is 0 Å². The molecule has 1 atom stereocenters. The summed E-state index contributed by atoms with van der Waals surface area (Å²) in [4.78, 5) is 27.0. The van der Waals surface area contributed by atoms with Gasteiger partial charge in [-0.15, -0.1) is 6.58 Å². The van der Waals surface area contributed by atoms with Crippen LogP contribution in [0.15, 0.2) is 12.7 Å². The van der Waals surface area contributed by atoms with Crippen LogP contribution in [0, 0.1) is 11.3 Å². The van der Waals surface area contributed by atoms with Crippen LogP contribution in [0.5, 0.6) is 0 Å². The molecule has 0 aromatic rings. The van der Waals surface area contributed by atoms with Gasteiger partial charge in [-0.05, 0) is 64.2 Å². The Hall–Kier alpha value is -1.52. The third-order valence-electron chi connectivity index (χ3n) is 6.00. The minimum absolute atomic E-state index is 0.0876. The highest BCUT2D eigenvalue weighted by Gasteiger charge is 2.55. The van der Waals surface area contributed by atoms with Crippen molar-refractivity contribution in [2.24, 2.45) is 11.3 Å². The third kappa shape index (κ3) is 5.74. The molecule has 28 heavy (non-hydrogen) atoms. The first-order valence-electron chi connectivity index (χ1n) is 10.7. The number of amides is 2. The van der Waals surface area contributed by atoms with Crippen molar-refractivity contribution in [3.05, 3.63) is 12.7 Å². The molecule has 0 saturated heterocycles. The predicted octanol–water partition coefficient (Wildman–Crippen LogP) is 5.30. The second kappa shape index (κ2) is 9.32. The zero-order valence-electron chi connectivity index (χ0n) is 19.4. The molecular weight excluding hydrogens is 352 g/mol. The number of rotatable bonds is 8. The minimum atomic E-state index is -0.501. The summed E-state index contributed by atoms with van der Waals surface area (Å²) in [6.07, 6.45) is 6.45. The number of ether oxygens (including phenoxy) is 1. The lowest BCUT2D eigenvalue weighted by atomic mass is 9.55. The molecule has 2 amide bonds. The molecule has 0 aromatic carbocycles. The molecule has 1 rings (SSSR count). The van der Waals surface area contributed by atoms with E-state index in [1.54, 1.807) is 0 Å². The number of carbonyl (C=O) groups excluding carboxylic acids is 2. The molecule has 0 radical (unpaired) electrons. The van der Waals surface area contributed by atoms with E-state index >= 15 is 0 Å². The molecule has 0 heterocycles. The van der Waals surface area contributed by atoms with Crippen molar-refractivity contribution < 1.29 is 14.3 Å². The van der Waals surface area contributed by atoms with Gasteiger partial charge in [-0.25, -0.2) is 4.79 Å². The van der Waals surface area contributed by atoms with Crippen molar-refractivity contribution >= 4 is 12.0 Å². The summed E-state index contributed by atoms with van der Waals surface area (Å²) in [5.74, 6) is 0.531. The molecule has 1 aliphatic carbocycles. The van der Waals surface area contributed by atoms with E-state index in [1.807, 2.05) is 45.7 Å². The maximum Gasteiger partial charge on any atom is 0.407 e. The van der Waals surface area contributed by atoms with Gasteiger partial charge in [0.05, 0.1) is 5.54 Å². The second-order valence-corrected chi connectivity index (χ2v) is 10.2. The molecule has 1 saturated carbocycles. The molecule has 5 nitrogen and oxygen atoms in total. The maximum absolute atomic E-state index is 12.9. The van der Waals surface area contributed by atoms with Crippen molar-refractivity contribution in [3.8, 4) is 0 Å². The first kappa shape index (κ1) is 24.5. The van der Waals surface area contributed by atoms with Gasteiger partial charge in [0.15, 0.2) is 0 Å². The molecule has 0 bridgehead atoms. The Balaban J connectivity index is 3.00. The van der Waals surface area contributed by atoms with E-state index < -0.39 is 5.60 Å². The van der Waals surface area contributed by atoms with E-state index in [-0.39, 0.29) is 29.0 Å². The molecule has 1 aliphatic rings. The van der Waals surface area contributed by atoms with Gasteiger partial charge in [-0.3, -0.25) is 4.79 Å². The van der Waals surface area contributed by atoms with Crippen LogP contribution in [0.1, 0.15) is 87.0 Å². The number of hydrogen-bond acceptors (Lipinski definition) is 3. The quantitative estimate of drug-likeness (QED) is 0.568. The summed E-state index contributed by atoms with van der Waals surface area (Å²) in [6, 6.07) is 0.0972. The van der Waals surface area contributed by atoms with Gasteiger partial charge in [0.1, 0.15) is 5.60 Å². The molecule has 0 spiro atoms. The number of hydrogen-bond donors (Lipinski definition) is 1. The Labute approximate surface area is 172 Å². The first-order chi connectivity index (χ1) is 12.8. The Bertz CT molecular complexity index is 553. The van der Waals surface area contributed by atoms with Crippen molar-refractivity contribution in [2.45, 2.75) is 104 Å². The maximum atomic E-state index is 12.9. The first-order valence-corrected chi connectivity index (χ1v) is 10.7. The Kier molecular flexibility index (Phi) is 8.16. The van der Waals surface area contributed by atoms with E-state index in [4.69, 9.17) is 4.74 Å². The topological polar surface area (TPSA) is 58.6 Å². The van der Waals surface area contributed by atoms with Crippen molar-refractivity contribution in [3.63, 3.8) is 0 Å². The molecule has 0 aromatic heterocycles. The molecule has 1 fully saturated rings. The van der Waals surface area contributed by atoms with Gasteiger partial charge >= 0.3 is 6.09 Å². The average Bonchev–Trinajstić information content (AvgIpc) is 2.49. The molecule has 0 aliphatic heterocycles. The van der Waals surface area contributed by atoms with Crippen LogP contribution < -0.4 is 5.32 Å². The van der Waals surface area contributed by atoms with E-state index in [0.29, 0.717) is 12.3 Å². The van der Waals surface area contributed by atoms with Crippen LogP contribution in [0.3, 0.4) is 0 Å². The normalized spacial score (nSPS) is 21.9. The number of carbonyl (C=O) groups is 2. The summed E-state index contributed by atoms with van der Waals surface area (Å²) in [7, 11) is 1.96. The molecule has 162 valence electrons. The van der Waals surface area contributed by atoms with Crippen molar-refractivity contribution in [1.82, 2.24) is 10.2 Å². The fourth-order valence-corrected chi connectivity index (χ4v) is 4.66. The van der Waals surface area contributed by atoms with Gasteiger partial charge < -0.3 is 15.0 Å². The van der Waals surface area contributed by atoms with Crippen LogP contribution in [0.25, 0.3) is 0 Å². The SMILES string of the molecule is C=CCCC([C@H]1C[C@@H](NC(=O)OC(C)(C)C)C1)(N(C)C(=O)CCC)C(C)(C)C. The summed E-state index contributed by atoms with van der Waals surface area (Å²) in [5.41, 5.74) is -0.853.